The van der Waals surface area contributed by atoms with Gasteiger partial charge in [0.05, 0.1) is 0 Å². The van der Waals surface area contributed by atoms with Gasteiger partial charge < -0.3 is 15.4 Å². The average Bonchev–Trinajstić information content (AvgIpc) is 2.86. The highest BCUT2D eigenvalue weighted by Crippen LogP contribution is 2.52. The van der Waals surface area contributed by atoms with Crippen molar-refractivity contribution in [2.45, 2.75) is 32.1 Å². The second-order valence-electron chi connectivity index (χ2n) is 6.07. The van der Waals surface area contributed by atoms with E-state index in [2.05, 4.69) is 42.1 Å². The van der Waals surface area contributed by atoms with E-state index in [0.717, 1.165) is 37.2 Å². The minimum Gasteiger partial charge on any atom is -0.420 e. The molecular formula is C15H21N5O. The zero-order valence-corrected chi connectivity index (χ0v) is 12.7. The molecule has 1 aromatic rings. The van der Waals surface area contributed by atoms with Crippen molar-refractivity contribution in [2.24, 2.45) is 11.7 Å². The van der Waals surface area contributed by atoms with Gasteiger partial charge in [-0.3, -0.25) is 5.10 Å². The van der Waals surface area contributed by atoms with Gasteiger partial charge in [0.2, 0.25) is 11.8 Å². The highest BCUT2D eigenvalue weighted by molar-refractivity contribution is 5.55. The molecule has 0 saturated carbocycles. The maximum Gasteiger partial charge on any atom is 0.244 e. The molecule has 0 aliphatic carbocycles. The van der Waals surface area contributed by atoms with E-state index in [4.69, 9.17) is 10.5 Å². The van der Waals surface area contributed by atoms with E-state index in [-0.39, 0.29) is 17.2 Å². The first kappa shape index (κ1) is 14.0. The molecule has 3 heterocycles. The van der Waals surface area contributed by atoms with Gasteiger partial charge in [-0.25, -0.2) is 0 Å². The van der Waals surface area contributed by atoms with Gasteiger partial charge in [-0.05, 0) is 32.4 Å². The Labute approximate surface area is 124 Å². The molecule has 2 aliphatic rings. The zero-order chi connectivity index (χ0) is 15.2. The second-order valence-corrected chi connectivity index (χ2v) is 6.07. The molecule has 112 valence electrons. The summed E-state index contributed by atoms with van der Waals surface area (Å²) in [6.45, 7) is 6.11. The van der Waals surface area contributed by atoms with E-state index < -0.39 is 0 Å². The van der Waals surface area contributed by atoms with Crippen LogP contribution in [0.1, 0.15) is 31.5 Å². The Morgan fingerprint density at radius 1 is 1.62 bits per heavy atom. The first-order valence-electron chi connectivity index (χ1n) is 7.39. The van der Waals surface area contributed by atoms with Crippen LogP contribution in [0.2, 0.25) is 0 Å². The predicted molar refractivity (Wildman–Crippen MR) is 78.4 cm³/mol. The van der Waals surface area contributed by atoms with Crippen LogP contribution in [0, 0.1) is 17.2 Å². The summed E-state index contributed by atoms with van der Waals surface area (Å²) in [6, 6.07) is 2.31. The number of nitriles is 1. The van der Waals surface area contributed by atoms with E-state index in [1.54, 1.807) is 0 Å². The normalized spacial score (nSPS) is 29.1. The number of piperidine rings is 1. The van der Waals surface area contributed by atoms with Crippen molar-refractivity contribution in [1.82, 2.24) is 15.1 Å². The third kappa shape index (κ3) is 1.77. The lowest BCUT2D eigenvalue weighted by Crippen LogP contribution is -2.51. The number of nitrogens with zero attached hydrogens (tertiary/aromatic N) is 3. The fraction of sp³-hybridized carbons (Fsp3) is 0.600. The third-order valence-electron chi connectivity index (χ3n) is 4.93. The molecule has 0 amide bonds. The third-order valence-corrected chi connectivity index (χ3v) is 4.93. The molecule has 0 aromatic carbocycles. The van der Waals surface area contributed by atoms with Crippen molar-refractivity contribution in [1.29, 1.82) is 5.26 Å². The van der Waals surface area contributed by atoms with E-state index in [1.807, 2.05) is 0 Å². The van der Waals surface area contributed by atoms with Crippen LogP contribution in [-0.2, 0) is 11.8 Å². The van der Waals surface area contributed by atoms with Crippen molar-refractivity contribution >= 4 is 0 Å². The number of allylic oxidation sites excluding steroid dienone is 1. The number of hydrogen-bond donors (Lipinski definition) is 2. The molecule has 1 aromatic heterocycles. The molecule has 3 rings (SSSR count). The Hall–Kier alpha value is -2.00. The number of hydrogen-bond acceptors (Lipinski definition) is 5. The van der Waals surface area contributed by atoms with Crippen LogP contribution in [0.5, 0.6) is 5.88 Å². The Morgan fingerprint density at radius 3 is 3.00 bits per heavy atom. The molecule has 1 spiro atoms. The van der Waals surface area contributed by atoms with Gasteiger partial charge in [0.15, 0.2) is 0 Å². The number of rotatable bonds is 1. The van der Waals surface area contributed by atoms with Crippen LogP contribution in [0.3, 0.4) is 0 Å². The number of aryl methyl sites for hydroxylation is 1. The monoisotopic (exact) mass is 287 g/mol. The number of fused-ring (bicyclic) bond motifs is 2. The van der Waals surface area contributed by atoms with Crippen molar-refractivity contribution in [3.63, 3.8) is 0 Å². The Balaban J connectivity index is 2.25. The SMILES string of the molecule is CCc1[nH]nc2c1C1(CCN(C)C[C@@H]1C)C(C#N)=C(N)O2. The van der Waals surface area contributed by atoms with Gasteiger partial charge in [0.25, 0.3) is 0 Å². The largest absolute Gasteiger partial charge is 0.420 e. The molecule has 0 bridgehead atoms. The molecular weight excluding hydrogens is 266 g/mol. The van der Waals surface area contributed by atoms with Crippen LogP contribution in [0.4, 0.5) is 0 Å². The Bertz CT molecular complexity index is 641. The second kappa shape index (κ2) is 4.78. The summed E-state index contributed by atoms with van der Waals surface area (Å²) in [7, 11) is 2.11. The molecule has 2 atom stereocenters. The van der Waals surface area contributed by atoms with Gasteiger partial charge >= 0.3 is 0 Å². The van der Waals surface area contributed by atoms with E-state index in [1.165, 1.54) is 0 Å². The molecule has 21 heavy (non-hydrogen) atoms. The summed E-state index contributed by atoms with van der Waals surface area (Å²) in [4.78, 5) is 2.29. The molecule has 1 fully saturated rings. The topological polar surface area (TPSA) is 91.0 Å². The number of ether oxygens (including phenoxy) is 1. The fourth-order valence-corrected chi connectivity index (χ4v) is 3.87. The summed E-state index contributed by atoms with van der Waals surface area (Å²) in [5.41, 5.74) is 8.29. The smallest absolute Gasteiger partial charge is 0.244 e. The van der Waals surface area contributed by atoms with Crippen LogP contribution in [-0.4, -0.2) is 35.2 Å². The maximum atomic E-state index is 9.68. The van der Waals surface area contributed by atoms with Crippen LogP contribution in [0.15, 0.2) is 11.5 Å². The first-order valence-corrected chi connectivity index (χ1v) is 7.39. The first-order chi connectivity index (χ1) is 10.0. The molecule has 2 aliphatic heterocycles. The molecule has 1 unspecified atom stereocenters. The Kier molecular flexibility index (Phi) is 3.18. The molecule has 3 N–H and O–H groups in total. The summed E-state index contributed by atoms with van der Waals surface area (Å²) >= 11 is 0. The number of nitrogens with one attached hydrogen (secondary N) is 1. The standard InChI is InChI=1S/C15H21N5O/c1-4-11-12-14(19-18-11)21-13(17)10(7-16)15(12)5-6-20(3)8-9(15)2/h9H,4-6,8,17H2,1-3H3,(H,18,19)/t9-,15?/m0/s1. The molecule has 6 heteroatoms. The van der Waals surface area contributed by atoms with Gasteiger partial charge in [-0.15, -0.1) is 5.10 Å². The predicted octanol–water partition coefficient (Wildman–Crippen LogP) is 1.27. The summed E-state index contributed by atoms with van der Waals surface area (Å²) in [5, 5.41) is 17.0. The quantitative estimate of drug-likeness (QED) is 0.811. The number of aromatic amines is 1. The van der Waals surface area contributed by atoms with Gasteiger partial charge in [-0.2, -0.15) is 5.26 Å². The lowest BCUT2D eigenvalue weighted by Gasteiger charge is -2.47. The van der Waals surface area contributed by atoms with Crippen LogP contribution < -0.4 is 10.5 Å². The summed E-state index contributed by atoms with van der Waals surface area (Å²) < 4.78 is 5.60. The molecule has 1 saturated heterocycles. The summed E-state index contributed by atoms with van der Waals surface area (Å²) in [6.07, 6.45) is 1.69. The maximum absolute atomic E-state index is 9.68. The van der Waals surface area contributed by atoms with E-state index in [0.29, 0.717) is 11.5 Å². The summed E-state index contributed by atoms with van der Waals surface area (Å²) in [5.74, 6) is 1.02. The highest BCUT2D eigenvalue weighted by Gasteiger charge is 2.52. The minimum absolute atomic E-state index is 0.204. The zero-order valence-electron chi connectivity index (χ0n) is 12.7. The Morgan fingerprint density at radius 2 is 2.38 bits per heavy atom. The minimum atomic E-state index is -0.378. The van der Waals surface area contributed by atoms with Crippen LogP contribution >= 0.6 is 0 Å². The van der Waals surface area contributed by atoms with Gasteiger partial charge in [-0.1, -0.05) is 13.8 Å². The van der Waals surface area contributed by atoms with Crippen LogP contribution in [0.25, 0.3) is 0 Å². The van der Waals surface area contributed by atoms with Gasteiger partial charge in [0.1, 0.15) is 11.6 Å². The average molecular weight is 287 g/mol. The van der Waals surface area contributed by atoms with E-state index in [9.17, 15) is 5.26 Å². The van der Waals surface area contributed by atoms with Gasteiger partial charge in [0, 0.05) is 23.2 Å². The fourth-order valence-electron chi connectivity index (χ4n) is 3.87. The highest BCUT2D eigenvalue weighted by atomic mass is 16.5. The number of aromatic nitrogens is 2. The lowest BCUT2D eigenvalue weighted by atomic mass is 9.61. The van der Waals surface area contributed by atoms with Crippen molar-refractivity contribution < 1.29 is 4.74 Å². The van der Waals surface area contributed by atoms with Crippen molar-refractivity contribution in [2.75, 3.05) is 20.1 Å². The van der Waals surface area contributed by atoms with Crippen molar-refractivity contribution in [3.8, 4) is 11.9 Å². The van der Waals surface area contributed by atoms with Crippen molar-refractivity contribution in [3.05, 3.63) is 22.7 Å². The molecule has 6 nitrogen and oxygen atoms in total. The number of nitrogens with two attached hydrogens (primary N) is 1. The lowest BCUT2D eigenvalue weighted by molar-refractivity contribution is 0.135. The number of likely N-dealkylation sites (tertiary alicyclic amines) is 1. The molecule has 0 radical (unpaired) electrons. The number of H-pyrrole nitrogens is 1. The van der Waals surface area contributed by atoms with E-state index >= 15 is 0 Å².